The van der Waals surface area contributed by atoms with Gasteiger partial charge in [-0.1, -0.05) is 0 Å². The van der Waals surface area contributed by atoms with E-state index >= 15 is 0 Å². The summed E-state index contributed by atoms with van der Waals surface area (Å²) in [5.41, 5.74) is 1.91. The van der Waals surface area contributed by atoms with Crippen LogP contribution in [0.4, 0.5) is 0 Å². The van der Waals surface area contributed by atoms with Crippen molar-refractivity contribution >= 4 is 21.9 Å². The molecule has 0 aliphatic carbocycles. The van der Waals surface area contributed by atoms with E-state index in [2.05, 4.69) is 0 Å². The highest BCUT2D eigenvalue weighted by atomic mass is 16.4. The summed E-state index contributed by atoms with van der Waals surface area (Å²) in [5.74, 6) is 0. The van der Waals surface area contributed by atoms with Crippen LogP contribution in [0.1, 0.15) is 5.56 Å². The standard InChI is InChI=1S/C12H8O3/c1-7-11-9(4-5-14-11)6-8-2-3-10(13)15-12(7)8/h2-6H,1H3. The van der Waals surface area contributed by atoms with Gasteiger partial charge in [-0.15, -0.1) is 0 Å². The van der Waals surface area contributed by atoms with Crippen molar-refractivity contribution in [2.75, 3.05) is 0 Å². The lowest BCUT2D eigenvalue weighted by Gasteiger charge is -2.00. The summed E-state index contributed by atoms with van der Waals surface area (Å²) in [4.78, 5) is 11.1. The van der Waals surface area contributed by atoms with E-state index in [0.717, 1.165) is 21.9 Å². The summed E-state index contributed by atoms with van der Waals surface area (Å²) in [5, 5.41) is 1.94. The van der Waals surface area contributed by atoms with Crippen molar-refractivity contribution in [3.05, 3.63) is 46.5 Å². The van der Waals surface area contributed by atoms with Crippen molar-refractivity contribution in [2.45, 2.75) is 6.92 Å². The van der Waals surface area contributed by atoms with Crippen LogP contribution < -0.4 is 5.63 Å². The second kappa shape index (κ2) is 2.73. The molecular weight excluding hydrogens is 192 g/mol. The minimum Gasteiger partial charge on any atom is -0.464 e. The molecule has 74 valence electrons. The van der Waals surface area contributed by atoms with Crippen LogP contribution in [0.15, 0.2) is 44.2 Å². The Morgan fingerprint density at radius 1 is 1.07 bits per heavy atom. The van der Waals surface area contributed by atoms with Gasteiger partial charge in [0.05, 0.1) is 6.26 Å². The molecule has 0 saturated carbocycles. The van der Waals surface area contributed by atoms with Crippen molar-refractivity contribution < 1.29 is 8.83 Å². The Morgan fingerprint density at radius 2 is 1.87 bits per heavy atom. The molecule has 0 bridgehead atoms. The molecule has 0 aliphatic heterocycles. The minimum absolute atomic E-state index is 0.337. The first kappa shape index (κ1) is 8.29. The molecule has 0 atom stereocenters. The van der Waals surface area contributed by atoms with E-state index in [0.29, 0.717) is 5.58 Å². The third-order valence-corrected chi connectivity index (χ3v) is 2.55. The largest absolute Gasteiger partial charge is 0.464 e. The number of fused-ring (bicyclic) bond motifs is 2. The first-order valence-corrected chi connectivity index (χ1v) is 4.66. The van der Waals surface area contributed by atoms with Gasteiger partial charge in [-0.2, -0.15) is 0 Å². The van der Waals surface area contributed by atoms with E-state index in [9.17, 15) is 4.79 Å². The predicted molar refractivity (Wildman–Crippen MR) is 57.0 cm³/mol. The molecule has 0 radical (unpaired) electrons. The van der Waals surface area contributed by atoms with Crippen LogP contribution in [0.25, 0.3) is 21.9 Å². The molecule has 0 amide bonds. The van der Waals surface area contributed by atoms with Gasteiger partial charge in [-0.3, -0.25) is 0 Å². The number of rotatable bonds is 0. The Bertz CT molecular complexity index is 704. The first-order chi connectivity index (χ1) is 7.25. The van der Waals surface area contributed by atoms with Crippen LogP contribution in [0.2, 0.25) is 0 Å². The summed E-state index contributed by atoms with van der Waals surface area (Å²) in [6.07, 6.45) is 1.63. The Balaban J connectivity index is 2.64. The third kappa shape index (κ3) is 1.09. The number of hydrogen-bond acceptors (Lipinski definition) is 3. The molecule has 3 nitrogen and oxygen atoms in total. The van der Waals surface area contributed by atoms with Crippen molar-refractivity contribution in [3.63, 3.8) is 0 Å². The third-order valence-electron chi connectivity index (χ3n) is 2.55. The molecule has 3 heteroatoms. The van der Waals surface area contributed by atoms with Crippen LogP contribution in [0, 0.1) is 6.92 Å². The summed E-state index contributed by atoms with van der Waals surface area (Å²) in [7, 11) is 0. The first-order valence-electron chi connectivity index (χ1n) is 4.66. The van der Waals surface area contributed by atoms with Gasteiger partial charge in [0, 0.05) is 22.4 Å². The zero-order chi connectivity index (χ0) is 10.4. The topological polar surface area (TPSA) is 43.4 Å². The SMILES string of the molecule is Cc1c2occc2cc2ccc(=O)oc12. The van der Waals surface area contributed by atoms with Crippen molar-refractivity contribution in [2.24, 2.45) is 0 Å². The molecule has 0 aliphatic rings. The summed E-state index contributed by atoms with van der Waals surface area (Å²) in [6, 6.07) is 7.03. The summed E-state index contributed by atoms with van der Waals surface area (Å²) < 4.78 is 10.5. The van der Waals surface area contributed by atoms with Crippen LogP contribution >= 0.6 is 0 Å². The molecular formula is C12H8O3. The summed E-state index contributed by atoms with van der Waals surface area (Å²) in [6.45, 7) is 1.89. The number of furan rings is 1. The van der Waals surface area contributed by atoms with E-state index in [-0.39, 0.29) is 5.63 Å². The van der Waals surface area contributed by atoms with Crippen molar-refractivity contribution in [1.82, 2.24) is 0 Å². The highest BCUT2D eigenvalue weighted by Crippen LogP contribution is 2.27. The molecule has 0 saturated heterocycles. The smallest absolute Gasteiger partial charge is 0.336 e. The van der Waals surface area contributed by atoms with E-state index in [1.807, 2.05) is 19.1 Å². The Kier molecular flexibility index (Phi) is 1.51. The number of benzene rings is 1. The summed E-state index contributed by atoms with van der Waals surface area (Å²) >= 11 is 0. The monoisotopic (exact) mass is 200 g/mol. The molecule has 2 aromatic heterocycles. The van der Waals surface area contributed by atoms with Crippen LogP contribution in [-0.2, 0) is 0 Å². The fraction of sp³-hybridized carbons (Fsp3) is 0.0833. The molecule has 3 aromatic rings. The van der Waals surface area contributed by atoms with Crippen molar-refractivity contribution in [3.8, 4) is 0 Å². The molecule has 0 unspecified atom stereocenters. The average Bonchev–Trinajstić information content (AvgIpc) is 2.68. The second-order valence-electron chi connectivity index (χ2n) is 3.51. The zero-order valence-corrected chi connectivity index (χ0v) is 8.11. The van der Waals surface area contributed by atoms with Crippen LogP contribution in [-0.4, -0.2) is 0 Å². The van der Waals surface area contributed by atoms with Gasteiger partial charge in [-0.05, 0) is 25.1 Å². The Hall–Kier alpha value is -2.03. The van der Waals surface area contributed by atoms with E-state index in [1.165, 1.54) is 6.07 Å². The molecule has 15 heavy (non-hydrogen) atoms. The minimum atomic E-state index is -0.337. The fourth-order valence-electron chi connectivity index (χ4n) is 1.84. The van der Waals surface area contributed by atoms with Crippen LogP contribution in [0.5, 0.6) is 0 Å². The maximum Gasteiger partial charge on any atom is 0.336 e. The van der Waals surface area contributed by atoms with E-state index in [4.69, 9.17) is 8.83 Å². The lowest BCUT2D eigenvalue weighted by molar-refractivity contribution is 0.556. The van der Waals surface area contributed by atoms with Gasteiger partial charge in [-0.25, -0.2) is 4.79 Å². The van der Waals surface area contributed by atoms with E-state index < -0.39 is 0 Å². The average molecular weight is 200 g/mol. The van der Waals surface area contributed by atoms with Crippen LogP contribution in [0.3, 0.4) is 0 Å². The predicted octanol–water partition coefficient (Wildman–Crippen LogP) is 2.85. The highest BCUT2D eigenvalue weighted by Gasteiger charge is 2.08. The van der Waals surface area contributed by atoms with Gasteiger partial charge in [0.15, 0.2) is 0 Å². The zero-order valence-electron chi connectivity index (χ0n) is 8.11. The van der Waals surface area contributed by atoms with E-state index in [1.54, 1.807) is 12.3 Å². The lowest BCUT2D eigenvalue weighted by Crippen LogP contribution is -1.95. The molecule has 0 spiro atoms. The molecule has 0 fully saturated rings. The molecule has 1 aromatic carbocycles. The Labute approximate surface area is 84.9 Å². The Morgan fingerprint density at radius 3 is 2.73 bits per heavy atom. The number of aryl methyl sites for hydroxylation is 1. The van der Waals surface area contributed by atoms with Crippen molar-refractivity contribution in [1.29, 1.82) is 0 Å². The quantitative estimate of drug-likeness (QED) is 0.524. The maximum atomic E-state index is 11.1. The lowest BCUT2D eigenvalue weighted by atomic mass is 10.1. The van der Waals surface area contributed by atoms with Gasteiger partial charge >= 0.3 is 5.63 Å². The van der Waals surface area contributed by atoms with Gasteiger partial charge < -0.3 is 8.83 Å². The van der Waals surface area contributed by atoms with Gasteiger partial charge in [0.2, 0.25) is 0 Å². The normalized spacial score (nSPS) is 11.3. The number of hydrogen-bond donors (Lipinski definition) is 0. The van der Waals surface area contributed by atoms with Gasteiger partial charge in [0.1, 0.15) is 11.2 Å². The fourth-order valence-corrected chi connectivity index (χ4v) is 1.84. The maximum absolute atomic E-state index is 11.1. The second-order valence-corrected chi connectivity index (χ2v) is 3.51. The molecule has 0 N–H and O–H groups in total. The molecule has 3 rings (SSSR count). The molecule has 2 heterocycles. The van der Waals surface area contributed by atoms with Gasteiger partial charge in [0.25, 0.3) is 0 Å². The highest BCUT2D eigenvalue weighted by molar-refractivity contribution is 5.96.